The summed E-state index contributed by atoms with van der Waals surface area (Å²) < 4.78 is 1.95. The molecule has 26 heavy (non-hydrogen) atoms. The maximum absolute atomic E-state index is 12.6. The molecule has 6 heteroatoms. The molecule has 6 nitrogen and oxygen atoms in total. The largest absolute Gasteiger partial charge is 0.370 e. The zero-order valence-corrected chi connectivity index (χ0v) is 14.2. The van der Waals surface area contributed by atoms with Crippen LogP contribution in [-0.4, -0.2) is 27.3 Å². The van der Waals surface area contributed by atoms with E-state index in [4.69, 9.17) is 0 Å². The molecule has 1 amide bonds. The third kappa shape index (κ3) is 2.88. The molecule has 0 fully saturated rings. The molecule has 2 aromatic carbocycles. The second-order valence-corrected chi connectivity index (χ2v) is 5.76. The van der Waals surface area contributed by atoms with Gasteiger partial charge in [-0.1, -0.05) is 30.3 Å². The van der Waals surface area contributed by atoms with Crippen molar-refractivity contribution in [3.05, 3.63) is 78.8 Å². The predicted octanol–water partition coefficient (Wildman–Crippen LogP) is 3.69. The number of rotatable bonds is 4. The minimum atomic E-state index is -0.153. The van der Waals surface area contributed by atoms with E-state index in [1.54, 1.807) is 18.5 Å². The first-order valence-electron chi connectivity index (χ1n) is 8.23. The number of para-hydroxylation sites is 1. The van der Waals surface area contributed by atoms with Gasteiger partial charge in [0.05, 0.1) is 11.9 Å². The Morgan fingerprint density at radius 2 is 1.88 bits per heavy atom. The summed E-state index contributed by atoms with van der Waals surface area (Å²) in [6.07, 6.45) is 5.38. The predicted molar refractivity (Wildman–Crippen MR) is 102 cm³/mol. The van der Waals surface area contributed by atoms with E-state index < -0.39 is 0 Å². The Morgan fingerprint density at radius 3 is 2.69 bits per heavy atom. The van der Waals surface area contributed by atoms with Crippen molar-refractivity contribution in [2.45, 2.75) is 0 Å². The number of imidazole rings is 1. The van der Waals surface area contributed by atoms with Crippen LogP contribution in [0.25, 0.3) is 16.9 Å². The van der Waals surface area contributed by atoms with Gasteiger partial charge >= 0.3 is 0 Å². The fourth-order valence-electron chi connectivity index (χ4n) is 2.85. The quantitative estimate of drug-likeness (QED) is 0.593. The Hall–Kier alpha value is -3.67. The lowest BCUT2D eigenvalue weighted by Gasteiger charge is -2.10. The number of nitrogens with zero attached hydrogens (tertiary/aromatic N) is 3. The molecule has 0 saturated carbocycles. The van der Waals surface area contributed by atoms with Crippen molar-refractivity contribution in [3.8, 4) is 11.3 Å². The number of amides is 1. The van der Waals surface area contributed by atoms with Crippen molar-refractivity contribution in [1.82, 2.24) is 14.4 Å². The minimum Gasteiger partial charge on any atom is -0.370 e. The van der Waals surface area contributed by atoms with Crippen LogP contribution in [0.3, 0.4) is 0 Å². The van der Waals surface area contributed by atoms with Crippen molar-refractivity contribution in [2.24, 2.45) is 0 Å². The van der Waals surface area contributed by atoms with Gasteiger partial charge in [-0.05, 0) is 24.3 Å². The van der Waals surface area contributed by atoms with Gasteiger partial charge in [0.2, 0.25) is 0 Å². The van der Waals surface area contributed by atoms with Crippen LogP contribution in [0.5, 0.6) is 0 Å². The van der Waals surface area contributed by atoms with Gasteiger partial charge in [0.15, 0.2) is 11.5 Å². The van der Waals surface area contributed by atoms with E-state index >= 15 is 0 Å². The number of carbonyl (C=O) groups excluding carboxylic acids is 1. The van der Waals surface area contributed by atoms with E-state index in [1.165, 1.54) is 0 Å². The highest BCUT2D eigenvalue weighted by Gasteiger charge is 2.12. The maximum Gasteiger partial charge on any atom is 0.255 e. The van der Waals surface area contributed by atoms with Gasteiger partial charge < -0.3 is 10.6 Å². The molecule has 0 radical (unpaired) electrons. The van der Waals surface area contributed by atoms with Crippen LogP contribution in [0, 0.1) is 0 Å². The first-order valence-corrected chi connectivity index (χ1v) is 8.23. The highest BCUT2D eigenvalue weighted by molar-refractivity contribution is 6.04. The lowest BCUT2D eigenvalue weighted by molar-refractivity contribution is 0.102. The molecule has 0 aliphatic heterocycles. The van der Waals surface area contributed by atoms with Gasteiger partial charge in [0.1, 0.15) is 0 Å². The van der Waals surface area contributed by atoms with Gasteiger partial charge in [-0.3, -0.25) is 9.20 Å². The second-order valence-electron chi connectivity index (χ2n) is 5.76. The summed E-state index contributed by atoms with van der Waals surface area (Å²) >= 11 is 0. The number of aromatic nitrogens is 3. The summed E-state index contributed by atoms with van der Waals surface area (Å²) in [5, 5.41) is 5.94. The summed E-state index contributed by atoms with van der Waals surface area (Å²) in [5.41, 5.74) is 3.84. The Balaban J connectivity index is 1.70. The van der Waals surface area contributed by atoms with Crippen LogP contribution >= 0.6 is 0 Å². The summed E-state index contributed by atoms with van der Waals surface area (Å²) in [6.45, 7) is 0. The molecule has 2 heterocycles. The van der Waals surface area contributed by atoms with Crippen molar-refractivity contribution in [1.29, 1.82) is 0 Å². The zero-order valence-electron chi connectivity index (χ0n) is 14.2. The molecule has 0 bridgehead atoms. The molecular formula is C20H17N5O. The molecule has 2 N–H and O–H groups in total. The van der Waals surface area contributed by atoms with Crippen molar-refractivity contribution in [2.75, 3.05) is 17.7 Å². The number of carbonyl (C=O) groups is 1. The molecule has 128 valence electrons. The van der Waals surface area contributed by atoms with Crippen molar-refractivity contribution >= 4 is 23.1 Å². The van der Waals surface area contributed by atoms with Crippen LogP contribution < -0.4 is 10.6 Å². The molecule has 0 saturated heterocycles. The van der Waals surface area contributed by atoms with Crippen molar-refractivity contribution < 1.29 is 4.79 Å². The van der Waals surface area contributed by atoms with Crippen LogP contribution in [0.4, 0.5) is 11.5 Å². The fraction of sp³-hybridized carbons (Fsp3) is 0.0500. The van der Waals surface area contributed by atoms with Crippen LogP contribution in [0.2, 0.25) is 0 Å². The van der Waals surface area contributed by atoms with Crippen LogP contribution in [-0.2, 0) is 0 Å². The Bertz CT molecular complexity index is 1070. The van der Waals surface area contributed by atoms with Crippen LogP contribution in [0.1, 0.15) is 10.4 Å². The topological polar surface area (TPSA) is 71.3 Å². The number of hydrogen-bond acceptors (Lipinski definition) is 4. The average Bonchev–Trinajstić information content (AvgIpc) is 3.18. The van der Waals surface area contributed by atoms with E-state index in [0.29, 0.717) is 11.4 Å². The summed E-state index contributed by atoms with van der Waals surface area (Å²) in [7, 11) is 1.81. The van der Waals surface area contributed by atoms with E-state index in [2.05, 4.69) is 20.6 Å². The lowest BCUT2D eigenvalue weighted by Crippen LogP contribution is -2.11. The molecule has 0 atom stereocenters. The number of nitrogens with one attached hydrogen (secondary N) is 2. The average molecular weight is 343 g/mol. The van der Waals surface area contributed by atoms with Gasteiger partial charge in [-0.15, -0.1) is 0 Å². The molecule has 0 aliphatic rings. The molecule has 4 rings (SSSR count). The summed E-state index contributed by atoms with van der Waals surface area (Å²) in [4.78, 5) is 21.3. The third-order valence-corrected chi connectivity index (χ3v) is 4.12. The Kier molecular flexibility index (Phi) is 4.07. The molecular weight excluding hydrogens is 326 g/mol. The SMILES string of the molecule is CNc1ncc(-c2cccc(C(=O)Nc3ccccc3)c2)n2ccnc12. The molecule has 0 unspecified atom stereocenters. The Labute approximate surface area is 150 Å². The normalized spacial score (nSPS) is 10.7. The third-order valence-electron chi connectivity index (χ3n) is 4.12. The van der Waals surface area contributed by atoms with Gasteiger partial charge in [-0.25, -0.2) is 9.97 Å². The second kappa shape index (κ2) is 6.68. The first-order chi connectivity index (χ1) is 12.8. The highest BCUT2D eigenvalue weighted by atomic mass is 16.1. The monoisotopic (exact) mass is 343 g/mol. The summed E-state index contributed by atoms with van der Waals surface area (Å²) in [6, 6.07) is 16.9. The lowest BCUT2D eigenvalue weighted by atomic mass is 10.1. The molecule has 2 aromatic heterocycles. The van der Waals surface area contributed by atoms with E-state index in [0.717, 1.165) is 22.6 Å². The standard InChI is InChI=1S/C20H17N5O/c1-21-18-19-22-10-11-25(19)17(13-23-18)14-6-5-7-15(12-14)20(26)24-16-8-3-2-4-9-16/h2-13H,1H3,(H,21,23)(H,24,26). The van der Waals surface area contributed by atoms with E-state index in [1.807, 2.05) is 66.2 Å². The number of benzene rings is 2. The Morgan fingerprint density at radius 1 is 1.04 bits per heavy atom. The zero-order chi connectivity index (χ0) is 17.9. The number of anilines is 2. The molecule has 0 aliphatic carbocycles. The van der Waals surface area contributed by atoms with Gasteiger partial charge in [0.25, 0.3) is 5.91 Å². The van der Waals surface area contributed by atoms with Gasteiger partial charge in [0, 0.05) is 36.3 Å². The van der Waals surface area contributed by atoms with Crippen molar-refractivity contribution in [3.63, 3.8) is 0 Å². The number of hydrogen-bond donors (Lipinski definition) is 2. The smallest absolute Gasteiger partial charge is 0.255 e. The maximum atomic E-state index is 12.6. The summed E-state index contributed by atoms with van der Waals surface area (Å²) in [5.74, 6) is 0.552. The molecule has 0 spiro atoms. The van der Waals surface area contributed by atoms with E-state index in [-0.39, 0.29) is 5.91 Å². The highest BCUT2D eigenvalue weighted by Crippen LogP contribution is 2.24. The fourth-order valence-corrected chi connectivity index (χ4v) is 2.85. The van der Waals surface area contributed by atoms with Gasteiger partial charge in [-0.2, -0.15) is 0 Å². The van der Waals surface area contributed by atoms with E-state index in [9.17, 15) is 4.79 Å². The number of fused-ring (bicyclic) bond motifs is 1. The first kappa shape index (κ1) is 15.8. The minimum absolute atomic E-state index is 0.153. The molecule has 4 aromatic rings. The van der Waals surface area contributed by atoms with Crippen LogP contribution in [0.15, 0.2) is 73.2 Å².